The summed E-state index contributed by atoms with van der Waals surface area (Å²) in [6, 6.07) is 7.51. The minimum Gasteiger partial charge on any atom is -0.478 e. The Balaban J connectivity index is 2.14. The number of aromatic carboxylic acids is 1. The molecule has 0 saturated carbocycles. The molecule has 6 heteroatoms. The summed E-state index contributed by atoms with van der Waals surface area (Å²) in [5, 5.41) is 9.77. The Labute approximate surface area is 126 Å². The van der Waals surface area contributed by atoms with Gasteiger partial charge >= 0.3 is 5.97 Å². The quantitative estimate of drug-likeness (QED) is 0.872. The number of carboxylic acids is 1. The van der Waals surface area contributed by atoms with Crippen molar-refractivity contribution in [3.05, 3.63) is 52.1 Å². The van der Waals surface area contributed by atoms with Gasteiger partial charge in [0.2, 0.25) is 0 Å². The average molecular weight is 309 g/mol. The minimum atomic E-state index is -0.989. The Morgan fingerprint density at radius 2 is 1.75 bits per heavy atom. The van der Waals surface area contributed by atoms with Crippen molar-refractivity contribution in [2.45, 2.75) is 24.5 Å². The van der Waals surface area contributed by atoms with Crippen molar-refractivity contribution in [1.82, 2.24) is 9.97 Å². The Morgan fingerprint density at radius 1 is 1.20 bits per heavy atom. The molecule has 0 aliphatic carbocycles. The molecule has 0 unspecified atom stereocenters. The van der Waals surface area contributed by atoms with Crippen LogP contribution in [0.25, 0.3) is 0 Å². The maximum Gasteiger partial charge on any atom is 0.339 e. The molecule has 0 spiro atoms. The zero-order valence-corrected chi connectivity index (χ0v) is 12.6. The second-order valence-electron chi connectivity index (χ2n) is 4.23. The smallest absolute Gasteiger partial charge is 0.339 e. The third-order valence-corrected chi connectivity index (χ3v) is 3.97. The molecule has 1 heterocycles. The highest BCUT2D eigenvalue weighted by Crippen LogP contribution is 2.23. The highest BCUT2D eigenvalue weighted by atomic mass is 35.5. The van der Waals surface area contributed by atoms with Crippen LogP contribution in [0.3, 0.4) is 0 Å². The molecule has 104 valence electrons. The lowest BCUT2D eigenvalue weighted by molar-refractivity contribution is 0.0694. The zero-order valence-electron chi connectivity index (χ0n) is 11.1. The summed E-state index contributed by atoms with van der Waals surface area (Å²) in [6.45, 7) is 3.38. The van der Waals surface area contributed by atoms with E-state index in [4.69, 9.17) is 16.7 Å². The van der Waals surface area contributed by atoms with E-state index in [-0.39, 0.29) is 5.56 Å². The van der Waals surface area contributed by atoms with Gasteiger partial charge in [-0.2, -0.15) is 0 Å². The molecular weight excluding hydrogens is 296 g/mol. The number of aromatic nitrogens is 2. The fraction of sp³-hybridized carbons (Fsp3) is 0.214. The van der Waals surface area contributed by atoms with Crippen molar-refractivity contribution in [2.24, 2.45) is 0 Å². The molecule has 0 aliphatic heterocycles. The van der Waals surface area contributed by atoms with E-state index >= 15 is 0 Å². The summed E-state index contributed by atoms with van der Waals surface area (Å²) < 4.78 is 0. The number of nitrogens with zero attached hydrogens (tertiary/aromatic N) is 2. The maximum atomic E-state index is 11.1. The van der Waals surface area contributed by atoms with Gasteiger partial charge in [-0.1, -0.05) is 11.6 Å². The highest BCUT2D eigenvalue weighted by Gasteiger charge is 2.14. The van der Waals surface area contributed by atoms with Crippen LogP contribution in [0.2, 0.25) is 5.02 Å². The molecule has 2 aromatic rings. The van der Waals surface area contributed by atoms with Gasteiger partial charge in [0.1, 0.15) is 11.4 Å². The molecule has 1 aromatic heterocycles. The van der Waals surface area contributed by atoms with Crippen LogP contribution in [0.5, 0.6) is 0 Å². The van der Waals surface area contributed by atoms with Gasteiger partial charge < -0.3 is 5.11 Å². The van der Waals surface area contributed by atoms with E-state index < -0.39 is 5.97 Å². The summed E-state index contributed by atoms with van der Waals surface area (Å²) >= 11 is 7.41. The van der Waals surface area contributed by atoms with Crippen molar-refractivity contribution in [3.8, 4) is 0 Å². The number of carbonyl (C=O) groups is 1. The molecule has 1 N–H and O–H groups in total. The van der Waals surface area contributed by atoms with E-state index in [1.807, 2.05) is 24.3 Å². The van der Waals surface area contributed by atoms with Gasteiger partial charge in [0.15, 0.2) is 0 Å². The molecular formula is C14H13ClN2O2S. The first kappa shape index (κ1) is 14.8. The summed E-state index contributed by atoms with van der Waals surface area (Å²) in [4.78, 5) is 20.6. The lowest BCUT2D eigenvalue weighted by Crippen LogP contribution is -2.09. The molecule has 0 amide bonds. The van der Waals surface area contributed by atoms with Crippen molar-refractivity contribution in [3.63, 3.8) is 0 Å². The summed E-state index contributed by atoms with van der Waals surface area (Å²) in [5.41, 5.74) is 1.18. The van der Waals surface area contributed by atoms with Crippen LogP contribution in [0.1, 0.15) is 27.6 Å². The normalized spacial score (nSPS) is 10.6. The first-order valence-electron chi connectivity index (χ1n) is 5.93. The van der Waals surface area contributed by atoms with Gasteiger partial charge in [-0.05, 0) is 38.1 Å². The summed E-state index contributed by atoms with van der Waals surface area (Å²) in [7, 11) is 0. The van der Waals surface area contributed by atoms with Crippen molar-refractivity contribution < 1.29 is 9.90 Å². The van der Waals surface area contributed by atoms with E-state index in [1.165, 1.54) is 0 Å². The van der Waals surface area contributed by atoms with Gasteiger partial charge in [-0.15, -0.1) is 11.8 Å². The van der Waals surface area contributed by atoms with E-state index in [9.17, 15) is 4.79 Å². The first-order valence-corrected chi connectivity index (χ1v) is 7.29. The number of rotatable bonds is 4. The van der Waals surface area contributed by atoms with E-state index in [1.54, 1.807) is 25.6 Å². The third-order valence-electron chi connectivity index (χ3n) is 2.71. The van der Waals surface area contributed by atoms with Crippen LogP contribution in [-0.2, 0) is 5.75 Å². The molecule has 0 aliphatic rings. The molecule has 20 heavy (non-hydrogen) atoms. The fourth-order valence-electron chi connectivity index (χ4n) is 1.84. The Morgan fingerprint density at radius 3 is 2.25 bits per heavy atom. The molecule has 0 saturated heterocycles. The van der Waals surface area contributed by atoms with Crippen molar-refractivity contribution >= 4 is 29.3 Å². The van der Waals surface area contributed by atoms with Gasteiger partial charge in [0, 0.05) is 9.92 Å². The zero-order chi connectivity index (χ0) is 14.7. The topological polar surface area (TPSA) is 63.1 Å². The Hall–Kier alpha value is -1.59. The predicted octanol–water partition coefficient (Wildman–Crippen LogP) is 3.74. The Bertz CT molecular complexity index is 621. The highest BCUT2D eigenvalue weighted by molar-refractivity contribution is 7.98. The number of hydrogen-bond donors (Lipinski definition) is 1. The van der Waals surface area contributed by atoms with Crippen LogP contribution in [-0.4, -0.2) is 21.0 Å². The number of thioether (sulfide) groups is 1. The average Bonchev–Trinajstić information content (AvgIpc) is 2.37. The SMILES string of the molecule is Cc1nc(CSc2ccc(Cl)cc2)nc(C)c1C(=O)O. The van der Waals surface area contributed by atoms with Gasteiger partial charge in [-0.25, -0.2) is 14.8 Å². The van der Waals surface area contributed by atoms with Crippen molar-refractivity contribution in [1.29, 1.82) is 0 Å². The minimum absolute atomic E-state index is 0.185. The van der Waals surface area contributed by atoms with Crippen LogP contribution < -0.4 is 0 Å². The molecule has 0 radical (unpaired) electrons. The molecule has 0 fully saturated rings. The third kappa shape index (κ3) is 3.49. The molecule has 0 atom stereocenters. The van der Waals surface area contributed by atoms with Crippen LogP contribution in [0.15, 0.2) is 29.2 Å². The van der Waals surface area contributed by atoms with E-state index in [0.29, 0.717) is 28.0 Å². The van der Waals surface area contributed by atoms with Gasteiger partial charge in [0.05, 0.1) is 17.1 Å². The van der Waals surface area contributed by atoms with E-state index in [0.717, 1.165) is 4.90 Å². The first-order chi connectivity index (χ1) is 9.47. The number of aryl methyl sites for hydroxylation is 2. The molecule has 4 nitrogen and oxygen atoms in total. The second kappa shape index (κ2) is 6.24. The standard InChI is InChI=1S/C14H13ClN2O2S/c1-8-13(14(18)19)9(2)17-12(16-8)7-20-11-5-3-10(15)4-6-11/h3-6H,7H2,1-2H3,(H,18,19). The van der Waals surface area contributed by atoms with Crippen LogP contribution in [0, 0.1) is 13.8 Å². The summed E-state index contributed by atoms with van der Waals surface area (Å²) in [5.74, 6) is 0.227. The van der Waals surface area contributed by atoms with Gasteiger partial charge in [-0.3, -0.25) is 0 Å². The molecule has 1 aromatic carbocycles. The maximum absolute atomic E-state index is 11.1. The van der Waals surface area contributed by atoms with E-state index in [2.05, 4.69) is 9.97 Å². The molecule has 0 bridgehead atoms. The second-order valence-corrected chi connectivity index (χ2v) is 5.72. The fourth-order valence-corrected chi connectivity index (χ4v) is 2.72. The van der Waals surface area contributed by atoms with Crippen LogP contribution >= 0.6 is 23.4 Å². The summed E-state index contributed by atoms with van der Waals surface area (Å²) in [6.07, 6.45) is 0. The lowest BCUT2D eigenvalue weighted by Gasteiger charge is -2.07. The number of hydrogen-bond acceptors (Lipinski definition) is 4. The Kier molecular flexibility index (Phi) is 4.62. The van der Waals surface area contributed by atoms with Crippen LogP contribution in [0.4, 0.5) is 0 Å². The lowest BCUT2D eigenvalue weighted by atomic mass is 10.2. The van der Waals surface area contributed by atoms with Crippen molar-refractivity contribution in [2.75, 3.05) is 0 Å². The molecule has 2 rings (SSSR count). The largest absolute Gasteiger partial charge is 0.478 e. The number of benzene rings is 1. The van der Waals surface area contributed by atoms with Gasteiger partial charge in [0.25, 0.3) is 0 Å². The number of carboxylic acid groups (broad SMARTS) is 1. The predicted molar refractivity (Wildman–Crippen MR) is 79.5 cm³/mol. The number of halogens is 1. The monoisotopic (exact) mass is 308 g/mol.